The number of benzene rings is 1. The third kappa shape index (κ3) is 2.68. The fraction of sp³-hybridized carbons (Fsp3) is 0.250. The van der Waals surface area contributed by atoms with Crippen molar-refractivity contribution in [2.75, 3.05) is 11.9 Å². The number of aromatic nitrogens is 4. The van der Waals surface area contributed by atoms with E-state index in [0.717, 1.165) is 22.3 Å². The average Bonchev–Trinajstić information content (AvgIpc) is 3.05. The molecule has 2 aromatic heterocycles. The number of rotatable bonds is 5. The molecule has 0 fully saturated rings. The van der Waals surface area contributed by atoms with Gasteiger partial charge in [-0.25, -0.2) is 0 Å². The quantitative estimate of drug-likeness (QED) is 0.669. The van der Waals surface area contributed by atoms with Gasteiger partial charge in [0.25, 0.3) is 0 Å². The van der Waals surface area contributed by atoms with Crippen molar-refractivity contribution in [2.45, 2.75) is 13.1 Å². The summed E-state index contributed by atoms with van der Waals surface area (Å²) in [4.78, 5) is 0. The molecule has 2 heterocycles. The van der Waals surface area contributed by atoms with Gasteiger partial charge in [0.05, 0.1) is 0 Å². The van der Waals surface area contributed by atoms with Gasteiger partial charge in [-0.2, -0.15) is 0 Å². The van der Waals surface area contributed by atoms with E-state index in [1.54, 1.807) is 10.9 Å². The topological polar surface area (TPSA) is 75.9 Å². The molecule has 0 aliphatic carbocycles. The Hall–Kier alpha value is -1.69. The Labute approximate surface area is 116 Å². The molecule has 0 saturated carbocycles. The summed E-state index contributed by atoms with van der Waals surface area (Å²) in [5.41, 5.74) is 4.02. The minimum absolute atomic E-state index is 0.00781. The summed E-state index contributed by atoms with van der Waals surface area (Å²) < 4.78 is 10.5. The monoisotopic (exact) mass is 323 g/mol. The Morgan fingerprint density at radius 2 is 2.26 bits per heavy atom. The molecule has 1 aromatic carbocycles. The van der Waals surface area contributed by atoms with E-state index >= 15 is 0 Å². The van der Waals surface area contributed by atoms with Gasteiger partial charge in [-0.3, -0.25) is 0 Å². The molecule has 3 aromatic rings. The van der Waals surface area contributed by atoms with Gasteiger partial charge in [0.2, 0.25) is 0 Å². The molecule has 0 amide bonds. The van der Waals surface area contributed by atoms with Crippen LogP contribution in [0.25, 0.3) is 11.0 Å². The Kier molecular flexibility index (Phi) is 3.59. The van der Waals surface area contributed by atoms with E-state index in [1.165, 1.54) is 0 Å². The van der Waals surface area contributed by atoms with Crippen LogP contribution in [0.4, 0.5) is 5.69 Å². The Morgan fingerprint density at radius 1 is 1.32 bits per heavy atom. The predicted molar refractivity (Wildman–Crippen MR) is 73.1 cm³/mol. The molecule has 0 aliphatic rings. The zero-order chi connectivity index (χ0) is 13.1. The number of fused-ring (bicyclic) bond motifs is 1. The average molecular weight is 322 g/mol. The second kappa shape index (κ2) is 5.52. The number of nitrogens with one attached hydrogen (secondary N) is 1. The van der Waals surface area contributed by atoms with E-state index in [4.69, 9.17) is 5.11 Å². The second-order valence-electron chi connectivity index (χ2n) is 4.13. The fourth-order valence-corrected chi connectivity index (χ4v) is 3.02. The summed E-state index contributed by atoms with van der Waals surface area (Å²) in [6, 6.07) is 5.98. The van der Waals surface area contributed by atoms with Crippen LogP contribution in [0.5, 0.6) is 0 Å². The van der Waals surface area contributed by atoms with Crippen LogP contribution in [0.15, 0.2) is 30.6 Å². The molecule has 0 bridgehead atoms. The van der Waals surface area contributed by atoms with Crippen molar-refractivity contribution in [3.05, 3.63) is 36.2 Å². The van der Waals surface area contributed by atoms with Gasteiger partial charge in [-0.1, -0.05) is 0 Å². The molecule has 0 unspecified atom stereocenters. The van der Waals surface area contributed by atoms with Gasteiger partial charge < -0.3 is 0 Å². The Morgan fingerprint density at radius 3 is 3.16 bits per heavy atom. The van der Waals surface area contributed by atoms with Gasteiger partial charge in [-0.15, -0.1) is 0 Å². The van der Waals surface area contributed by atoms with E-state index in [-0.39, 0.29) is 21.6 Å². The maximum atomic E-state index is 8.85. The first-order valence-corrected chi connectivity index (χ1v) is 7.47. The molecule has 0 atom stereocenters. The summed E-state index contributed by atoms with van der Waals surface area (Å²) in [7, 11) is 0. The zero-order valence-corrected chi connectivity index (χ0v) is 11.9. The van der Waals surface area contributed by atoms with Gasteiger partial charge in [-0.05, 0) is 0 Å². The molecule has 0 saturated heterocycles. The number of anilines is 1. The number of hydrogen-bond donors (Lipinski definition) is 2. The van der Waals surface area contributed by atoms with E-state index in [1.807, 2.05) is 24.4 Å². The fourth-order valence-electron chi connectivity index (χ4n) is 1.87. The molecule has 0 spiro atoms. The van der Waals surface area contributed by atoms with E-state index in [0.29, 0.717) is 13.1 Å². The van der Waals surface area contributed by atoms with Crippen LogP contribution >= 0.6 is 0 Å². The summed E-state index contributed by atoms with van der Waals surface area (Å²) in [6.45, 7) is 1.31. The summed E-state index contributed by atoms with van der Waals surface area (Å²) in [6.07, 6.45) is 3.73. The number of aliphatic hydroxyl groups excluding tert-OH is 1. The standard InChI is InChI=1S/C12H13N5OSe/c18-5-4-17-8-9(7-14-17)6-13-10-2-1-3-11-12(10)16-19-15-11/h1-3,7-8,13,18H,4-6H2. The molecule has 0 aliphatic heterocycles. The van der Waals surface area contributed by atoms with Crippen LogP contribution in [-0.4, -0.2) is 44.4 Å². The third-order valence-corrected chi connectivity index (χ3v) is 3.92. The number of aliphatic hydroxyl groups is 1. The predicted octanol–water partition coefficient (Wildman–Crippen LogP) is 0.488. The van der Waals surface area contributed by atoms with Crippen molar-refractivity contribution in [3.63, 3.8) is 0 Å². The van der Waals surface area contributed by atoms with Crippen molar-refractivity contribution in [1.29, 1.82) is 0 Å². The van der Waals surface area contributed by atoms with E-state index < -0.39 is 0 Å². The summed E-state index contributed by atoms with van der Waals surface area (Å²) >= 11 is -0.00781. The number of nitrogens with zero attached hydrogens (tertiary/aromatic N) is 4. The maximum absolute atomic E-state index is 8.85. The first-order valence-electron chi connectivity index (χ1n) is 5.94. The molecular formula is C12H13N5OSe. The van der Waals surface area contributed by atoms with Gasteiger partial charge in [0.15, 0.2) is 0 Å². The SMILES string of the molecule is OCCn1cc(CNc2cccc3n[se]nc23)cn1. The molecule has 98 valence electrons. The van der Waals surface area contributed by atoms with Crippen molar-refractivity contribution in [2.24, 2.45) is 0 Å². The van der Waals surface area contributed by atoms with Gasteiger partial charge >= 0.3 is 116 Å². The molecule has 6 nitrogen and oxygen atoms in total. The summed E-state index contributed by atoms with van der Waals surface area (Å²) in [5, 5.41) is 16.4. The first-order chi connectivity index (χ1) is 9.36. The third-order valence-electron chi connectivity index (χ3n) is 2.78. The molecule has 19 heavy (non-hydrogen) atoms. The van der Waals surface area contributed by atoms with Crippen molar-refractivity contribution in [3.8, 4) is 0 Å². The van der Waals surface area contributed by atoms with Crippen LogP contribution in [0, 0.1) is 0 Å². The molecule has 2 N–H and O–H groups in total. The van der Waals surface area contributed by atoms with Crippen molar-refractivity contribution < 1.29 is 5.11 Å². The summed E-state index contributed by atoms with van der Waals surface area (Å²) in [5.74, 6) is 0. The van der Waals surface area contributed by atoms with Crippen LogP contribution in [0.1, 0.15) is 5.56 Å². The minimum atomic E-state index is -0.00781. The van der Waals surface area contributed by atoms with Crippen LogP contribution in [0.2, 0.25) is 0 Å². The number of hydrogen-bond acceptors (Lipinski definition) is 5. The Balaban J connectivity index is 1.73. The van der Waals surface area contributed by atoms with Crippen molar-refractivity contribution in [1.82, 2.24) is 17.7 Å². The van der Waals surface area contributed by atoms with Crippen LogP contribution < -0.4 is 5.32 Å². The Bertz CT molecular complexity index is 677. The van der Waals surface area contributed by atoms with E-state index in [2.05, 4.69) is 18.4 Å². The van der Waals surface area contributed by atoms with Gasteiger partial charge in [0, 0.05) is 0 Å². The first kappa shape index (κ1) is 12.3. The van der Waals surface area contributed by atoms with Crippen LogP contribution in [0.3, 0.4) is 0 Å². The molecule has 0 radical (unpaired) electrons. The van der Waals surface area contributed by atoms with Crippen LogP contribution in [-0.2, 0) is 13.1 Å². The second-order valence-corrected chi connectivity index (χ2v) is 5.24. The van der Waals surface area contributed by atoms with Crippen molar-refractivity contribution >= 4 is 31.7 Å². The van der Waals surface area contributed by atoms with Gasteiger partial charge in [0.1, 0.15) is 0 Å². The molecular weight excluding hydrogens is 309 g/mol. The molecule has 3 rings (SSSR count). The molecule has 7 heteroatoms. The zero-order valence-electron chi connectivity index (χ0n) is 10.2. The van der Waals surface area contributed by atoms with E-state index in [9.17, 15) is 0 Å². The normalized spacial score (nSPS) is 11.0.